The molecule has 0 fully saturated rings. The smallest absolute Gasteiger partial charge is 0.0622 e. The third-order valence-electron chi connectivity index (χ3n) is 5.63. The molecule has 0 aliphatic carbocycles. The van der Waals surface area contributed by atoms with Crippen molar-refractivity contribution in [2.75, 3.05) is 0 Å². The van der Waals surface area contributed by atoms with Crippen molar-refractivity contribution >= 4 is 21.5 Å². The summed E-state index contributed by atoms with van der Waals surface area (Å²) in [5.74, 6) is 0. The van der Waals surface area contributed by atoms with Crippen molar-refractivity contribution in [2.24, 2.45) is 0 Å². The Labute approximate surface area is 202 Å². The summed E-state index contributed by atoms with van der Waals surface area (Å²) in [7, 11) is 0. The van der Waals surface area contributed by atoms with Gasteiger partial charge in [-0.05, 0) is 61.0 Å². The average molecular weight is 417 g/mol. The van der Waals surface area contributed by atoms with Crippen molar-refractivity contribution in [2.45, 2.75) is 0 Å². The van der Waals surface area contributed by atoms with Gasteiger partial charge >= 0.3 is 0 Å². The van der Waals surface area contributed by atoms with Crippen molar-refractivity contribution in [1.29, 1.82) is 0 Å². The zero-order valence-corrected chi connectivity index (χ0v) is 16.9. The van der Waals surface area contributed by atoms with Crippen molar-refractivity contribution in [3.63, 3.8) is 0 Å². The van der Waals surface area contributed by atoms with Gasteiger partial charge in [0.05, 0.1) is 13.7 Å². The molecule has 0 N–H and O–H groups in total. The van der Waals surface area contributed by atoms with Crippen LogP contribution < -0.4 is 0 Å². The molecule has 0 radical (unpaired) electrons. The Hall–Kier alpha value is -4.16. The van der Waals surface area contributed by atoms with Crippen LogP contribution in [0.5, 0.6) is 0 Å². The minimum absolute atomic E-state index is 0.0278. The topological polar surface area (TPSA) is 0 Å². The molecule has 0 amide bonds. The summed E-state index contributed by atoms with van der Waals surface area (Å²) in [6.07, 6.45) is 0. The van der Waals surface area contributed by atoms with Crippen LogP contribution in [0, 0.1) is 0 Å². The van der Waals surface area contributed by atoms with Crippen LogP contribution in [0.3, 0.4) is 0 Å². The SMILES string of the molecule is [2H]c1c([2H])c([2H])c(-c2c3ccccc3c(-c3c([2H])c([2H])c([2H])c([2H])c3[2H])c3cc(-c4ccccc4)ccc23)c([2H])c1[2H]. The summed E-state index contributed by atoms with van der Waals surface area (Å²) in [4.78, 5) is 0. The van der Waals surface area contributed by atoms with E-state index in [0.29, 0.717) is 32.7 Å². The van der Waals surface area contributed by atoms with Gasteiger partial charge in [-0.1, -0.05) is 127 Å². The number of benzene rings is 6. The summed E-state index contributed by atoms with van der Waals surface area (Å²) in [6, 6.07) is 17.9. The van der Waals surface area contributed by atoms with Crippen molar-refractivity contribution in [3.8, 4) is 33.4 Å². The maximum Gasteiger partial charge on any atom is 0.0629 e. The summed E-state index contributed by atoms with van der Waals surface area (Å²) in [5, 5.41) is 2.09. The fourth-order valence-corrected chi connectivity index (χ4v) is 4.28. The van der Waals surface area contributed by atoms with Gasteiger partial charge in [0.15, 0.2) is 0 Å². The Kier molecular flexibility index (Phi) is 2.67. The van der Waals surface area contributed by atoms with Crippen LogP contribution >= 0.6 is 0 Å². The molecular formula is C32H22. The van der Waals surface area contributed by atoms with Crippen molar-refractivity contribution < 1.29 is 13.7 Å². The van der Waals surface area contributed by atoms with E-state index in [0.717, 1.165) is 11.1 Å². The van der Waals surface area contributed by atoms with E-state index in [2.05, 4.69) is 0 Å². The Morgan fingerprint density at radius 3 is 1.47 bits per heavy atom. The molecule has 0 heteroatoms. The van der Waals surface area contributed by atoms with E-state index in [1.807, 2.05) is 42.5 Å². The Bertz CT molecular complexity index is 2030. The van der Waals surface area contributed by atoms with Crippen LogP contribution in [-0.4, -0.2) is 0 Å². The van der Waals surface area contributed by atoms with Gasteiger partial charge in [-0.2, -0.15) is 0 Å². The van der Waals surface area contributed by atoms with Crippen LogP contribution in [0.15, 0.2) is 133 Å². The summed E-state index contributed by atoms with van der Waals surface area (Å²) < 4.78 is 84.8. The van der Waals surface area contributed by atoms with E-state index in [4.69, 9.17) is 13.7 Å². The molecule has 0 nitrogen and oxygen atoms in total. The predicted octanol–water partition coefficient (Wildman–Crippen LogP) is 8.99. The molecule has 6 rings (SSSR count). The van der Waals surface area contributed by atoms with E-state index < -0.39 is 36.3 Å². The summed E-state index contributed by atoms with van der Waals surface area (Å²) >= 11 is 0. The average Bonchev–Trinajstić information content (AvgIpc) is 3.01. The second-order valence-electron chi connectivity index (χ2n) is 7.42. The maximum absolute atomic E-state index is 8.80. The fraction of sp³-hybridized carbons (Fsp3) is 0. The molecule has 0 heterocycles. The van der Waals surface area contributed by atoms with Gasteiger partial charge in [0.2, 0.25) is 0 Å². The zero-order valence-electron chi connectivity index (χ0n) is 26.9. The molecule has 0 aromatic heterocycles. The minimum atomic E-state index is -0.497. The van der Waals surface area contributed by atoms with Crippen molar-refractivity contribution in [1.82, 2.24) is 0 Å². The van der Waals surface area contributed by atoms with Crippen molar-refractivity contribution in [3.05, 3.63) is 133 Å². The third-order valence-corrected chi connectivity index (χ3v) is 5.63. The molecule has 6 aromatic rings. The maximum atomic E-state index is 8.80. The molecule has 6 aromatic carbocycles. The molecular weight excluding hydrogens is 384 g/mol. The lowest BCUT2D eigenvalue weighted by atomic mass is 9.85. The molecule has 32 heavy (non-hydrogen) atoms. The lowest BCUT2D eigenvalue weighted by Crippen LogP contribution is -1.91. The summed E-state index contributed by atoms with van der Waals surface area (Å²) in [5.41, 5.74) is 2.57. The van der Waals surface area contributed by atoms with E-state index in [9.17, 15) is 0 Å². The van der Waals surface area contributed by atoms with E-state index in [1.54, 1.807) is 30.3 Å². The van der Waals surface area contributed by atoms with Crippen LogP contribution in [-0.2, 0) is 0 Å². The lowest BCUT2D eigenvalue weighted by Gasteiger charge is -2.18. The molecule has 0 spiro atoms. The molecule has 0 unspecified atom stereocenters. The van der Waals surface area contributed by atoms with Gasteiger partial charge < -0.3 is 0 Å². The van der Waals surface area contributed by atoms with Gasteiger partial charge in [-0.15, -0.1) is 0 Å². The van der Waals surface area contributed by atoms with Crippen LogP contribution in [0.1, 0.15) is 13.7 Å². The van der Waals surface area contributed by atoms with Gasteiger partial charge in [-0.3, -0.25) is 0 Å². The van der Waals surface area contributed by atoms with Gasteiger partial charge in [0, 0.05) is 0 Å². The molecule has 0 bridgehead atoms. The highest BCUT2D eigenvalue weighted by Gasteiger charge is 2.17. The fourth-order valence-electron chi connectivity index (χ4n) is 4.28. The minimum Gasteiger partial charge on any atom is -0.0622 e. The normalized spacial score (nSPS) is 15.5. The standard InChI is InChI=1S/C32H22/c1-4-12-23(13-5-1)26-20-21-29-30(22-26)32(25-16-8-3-9-17-25)28-19-11-10-18-27(28)31(29)24-14-6-2-7-15-24/h1-22H/i2D,3D,6D,7D,8D,9D,14D,15D,16D,17D. The largest absolute Gasteiger partial charge is 0.0629 e. The second-order valence-corrected chi connectivity index (χ2v) is 7.42. The molecule has 0 saturated heterocycles. The monoisotopic (exact) mass is 416 g/mol. The summed E-state index contributed by atoms with van der Waals surface area (Å²) in [6.45, 7) is 0. The van der Waals surface area contributed by atoms with Crippen LogP contribution in [0.4, 0.5) is 0 Å². The predicted molar refractivity (Wildman–Crippen MR) is 138 cm³/mol. The highest BCUT2D eigenvalue weighted by atomic mass is 14.2. The first-order chi connectivity index (χ1) is 20.0. The van der Waals surface area contributed by atoms with Crippen LogP contribution in [0.25, 0.3) is 54.9 Å². The van der Waals surface area contributed by atoms with Crippen LogP contribution in [0.2, 0.25) is 0 Å². The number of hydrogen-bond donors (Lipinski definition) is 0. The lowest BCUT2D eigenvalue weighted by molar-refractivity contribution is 1.63. The highest BCUT2D eigenvalue weighted by Crippen LogP contribution is 2.44. The first-order valence-electron chi connectivity index (χ1n) is 15.2. The van der Waals surface area contributed by atoms with Gasteiger partial charge in [0.25, 0.3) is 0 Å². The quantitative estimate of drug-likeness (QED) is 0.252. The van der Waals surface area contributed by atoms with Gasteiger partial charge in [0.1, 0.15) is 0 Å². The van der Waals surface area contributed by atoms with Gasteiger partial charge in [-0.25, -0.2) is 0 Å². The third kappa shape index (κ3) is 3.09. The molecule has 0 saturated carbocycles. The Balaban J connectivity index is 1.90. The Morgan fingerprint density at radius 1 is 0.375 bits per heavy atom. The number of fused-ring (bicyclic) bond motifs is 2. The number of rotatable bonds is 3. The zero-order chi connectivity index (χ0) is 30.0. The molecule has 150 valence electrons. The first-order valence-corrected chi connectivity index (χ1v) is 10.2. The van der Waals surface area contributed by atoms with E-state index in [1.165, 1.54) is 0 Å². The first kappa shape index (κ1) is 10.9. The molecule has 0 aliphatic rings. The Morgan fingerprint density at radius 2 is 0.875 bits per heavy atom. The molecule has 0 atom stereocenters. The second kappa shape index (κ2) is 7.83. The van der Waals surface area contributed by atoms with E-state index >= 15 is 0 Å². The highest BCUT2D eigenvalue weighted by molar-refractivity contribution is 6.21. The van der Waals surface area contributed by atoms with E-state index in [-0.39, 0.29) is 35.3 Å². The molecule has 0 aliphatic heterocycles. The number of hydrogen-bond acceptors (Lipinski definition) is 0.